The summed E-state index contributed by atoms with van der Waals surface area (Å²) in [5.41, 5.74) is 9.72. The van der Waals surface area contributed by atoms with E-state index in [1.807, 2.05) is 0 Å². The molecule has 1 aromatic rings. The van der Waals surface area contributed by atoms with Gasteiger partial charge >= 0.3 is 0 Å². The quantitative estimate of drug-likeness (QED) is 0.866. The lowest BCUT2D eigenvalue weighted by Gasteiger charge is -2.43. The molecule has 2 N–H and O–H groups in total. The first kappa shape index (κ1) is 16.6. The largest absolute Gasteiger partial charge is 0.399 e. The van der Waals surface area contributed by atoms with Gasteiger partial charge in [-0.1, -0.05) is 13.3 Å². The number of hydrogen-bond donors (Lipinski definition) is 1. The number of hydrogen-bond acceptors (Lipinski definition) is 4. The zero-order valence-electron chi connectivity index (χ0n) is 14.8. The molecule has 2 heterocycles. The Morgan fingerprint density at radius 2 is 1.74 bits per heavy atom. The number of nitrogens with two attached hydrogens (primary N) is 1. The summed E-state index contributed by atoms with van der Waals surface area (Å²) in [6.45, 7) is 9.52. The predicted octanol–water partition coefficient (Wildman–Crippen LogP) is 2.44. The maximum Gasteiger partial charge on any atom is 0.0400 e. The van der Waals surface area contributed by atoms with Gasteiger partial charge in [0.2, 0.25) is 0 Å². The van der Waals surface area contributed by atoms with Gasteiger partial charge in [0.25, 0.3) is 0 Å². The molecule has 2 saturated heterocycles. The molecule has 2 aliphatic heterocycles. The van der Waals surface area contributed by atoms with Crippen LogP contribution < -0.4 is 10.6 Å². The number of benzene rings is 1. The first-order valence-corrected chi connectivity index (χ1v) is 9.23. The fraction of sp³-hybridized carbons (Fsp3) is 0.684. The van der Waals surface area contributed by atoms with E-state index >= 15 is 0 Å². The van der Waals surface area contributed by atoms with Crippen molar-refractivity contribution < 1.29 is 0 Å². The molecule has 0 aromatic heterocycles. The molecule has 4 nitrogen and oxygen atoms in total. The van der Waals surface area contributed by atoms with Crippen LogP contribution in [0.1, 0.15) is 31.7 Å². The van der Waals surface area contributed by atoms with Crippen LogP contribution in [0.5, 0.6) is 0 Å². The summed E-state index contributed by atoms with van der Waals surface area (Å²) < 4.78 is 0. The second-order valence-corrected chi connectivity index (χ2v) is 7.20. The lowest BCUT2D eigenvalue weighted by molar-refractivity contribution is 0.0982. The van der Waals surface area contributed by atoms with Crippen molar-refractivity contribution in [3.05, 3.63) is 23.8 Å². The summed E-state index contributed by atoms with van der Waals surface area (Å²) in [5, 5.41) is 0. The molecular weight excluding hydrogens is 284 g/mol. The SMILES string of the molecule is CCCc1cc(N)ccc1N1CCC(N2CCN(C)CC2)CC1. The lowest BCUT2D eigenvalue weighted by Crippen LogP contribution is -2.52. The van der Waals surface area contributed by atoms with Crippen LogP contribution >= 0.6 is 0 Å². The minimum atomic E-state index is 0.781. The first-order chi connectivity index (χ1) is 11.2. The summed E-state index contributed by atoms with van der Waals surface area (Å²) in [4.78, 5) is 7.74. The highest BCUT2D eigenvalue weighted by molar-refractivity contribution is 5.60. The zero-order chi connectivity index (χ0) is 16.2. The topological polar surface area (TPSA) is 35.7 Å². The van der Waals surface area contributed by atoms with E-state index in [1.54, 1.807) is 0 Å². The summed E-state index contributed by atoms with van der Waals surface area (Å²) in [7, 11) is 2.23. The predicted molar refractivity (Wildman–Crippen MR) is 99.2 cm³/mol. The number of likely N-dealkylation sites (N-methyl/N-ethyl adjacent to an activating group) is 1. The Morgan fingerprint density at radius 1 is 1.04 bits per heavy atom. The van der Waals surface area contributed by atoms with Crippen LogP contribution in [0, 0.1) is 0 Å². The zero-order valence-corrected chi connectivity index (χ0v) is 14.8. The summed E-state index contributed by atoms with van der Waals surface area (Å²) in [6.07, 6.45) is 4.88. The number of piperazine rings is 1. The van der Waals surface area contributed by atoms with Crippen LogP contribution in [-0.4, -0.2) is 62.2 Å². The van der Waals surface area contributed by atoms with Crippen LogP contribution in [0.25, 0.3) is 0 Å². The second-order valence-electron chi connectivity index (χ2n) is 7.20. The van der Waals surface area contributed by atoms with E-state index < -0.39 is 0 Å². The fourth-order valence-electron chi connectivity index (χ4n) is 4.04. The Morgan fingerprint density at radius 3 is 2.39 bits per heavy atom. The second kappa shape index (κ2) is 7.54. The van der Waals surface area contributed by atoms with Gasteiger partial charge in [0, 0.05) is 56.7 Å². The van der Waals surface area contributed by atoms with Crippen LogP contribution in [0.3, 0.4) is 0 Å². The Balaban J connectivity index is 1.60. The Labute approximate surface area is 141 Å². The van der Waals surface area contributed by atoms with E-state index in [9.17, 15) is 0 Å². The van der Waals surface area contributed by atoms with Crippen LogP contribution in [0.15, 0.2) is 18.2 Å². The highest BCUT2D eigenvalue weighted by Gasteiger charge is 2.27. The van der Waals surface area contributed by atoms with Gasteiger partial charge in [-0.05, 0) is 50.1 Å². The number of piperidine rings is 1. The molecule has 0 spiro atoms. The molecule has 0 aliphatic carbocycles. The molecule has 0 saturated carbocycles. The van der Waals surface area contributed by atoms with E-state index in [4.69, 9.17) is 5.73 Å². The van der Waals surface area contributed by atoms with Gasteiger partial charge in [0.1, 0.15) is 0 Å². The number of aryl methyl sites for hydroxylation is 1. The Hall–Kier alpha value is -1.26. The van der Waals surface area contributed by atoms with Gasteiger partial charge < -0.3 is 15.5 Å². The number of rotatable bonds is 4. The van der Waals surface area contributed by atoms with E-state index in [1.165, 1.54) is 69.8 Å². The summed E-state index contributed by atoms with van der Waals surface area (Å²) >= 11 is 0. The number of nitrogen functional groups attached to an aromatic ring is 1. The van der Waals surface area contributed by atoms with Crippen molar-refractivity contribution >= 4 is 11.4 Å². The normalized spacial score (nSPS) is 21.7. The molecular formula is C19H32N4. The maximum atomic E-state index is 5.99. The molecule has 2 fully saturated rings. The molecule has 1 aromatic carbocycles. The molecule has 0 amide bonds. The van der Waals surface area contributed by atoms with Crippen LogP contribution in [-0.2, 0) is 6.42 Å². The van der Waals surface area contributed by atoms with Gasteiger partial charge in [0.05, 0.1) is 0 Å². The van der Waals surface area contributed by atoms with Crippen molar-refractivity contribution in [1.29, 1.82) is 0 Å². The van der Waals surface area contributed by atoms with Crippen LogP contribution in [0.2, 0.25) is 0 Å². The molecule has 0 unspecified atom stereocenters. The minimum Gasteiger partial charge on any atom is -0.399 e. The third kappa shape index (κ3) is 3.99. The van der Waals surface area contributed by atoms with Crippen molar-refractivity contribution in [2.45, 2.75) is 38.6 Å². The van der Waals surface area contributed by atoms with Gasteiger partial charge in [-0.25, -0.2) is 0 Å². The number of anilines is 2. The maximum absolute atomic E-state index is 5.99. The van der Waals surface area contributed by atoms with Crippen LogP contribution in [0.4, 0.5) is 11.4 Å². The average molecular weight is 316 g/mol. The van der Waals surface area contributed by atoms with E-state index in [0.29, 0.717) is 0 Å². The molecule has 0 radical (unpaired) electrons. The highest BCUT2D eigenvalue weighted by atomic mass is 15.3. The van der Waals surface area contributed by atoms with Crippen molar-refractivity contribution in [1.82, 2.24) is 9.80 Å². The smallest absolute Gasteiger partial charge is 0.0400 e. The standard InChI is InChI=1S/C19H32N4/c1-3-4-16-15-17(20)5-6-19(16)23-9-7-18(8-10-23)22-13-11-21(2)12-14-22/h5-6,15,18H,3-4,7-14,20H2,1-2H3. The first-order valence-electron chi connectivity index (χ1n) is 9.23. The molecule has 4 heteroatoms. The fourth-order valence-corrected chi connectivity index (χ4v) is 4.04. The molecule has 3 rings (SSSR count). The molecule has 2 aliphatic rings. The Kier molecular flexibility index (Phi) is 5.44. The molecule has 128 valence electrons. The molecule has 23 heavy (non-hydrogen) atoms. The van der Waals surface area contributed by atoms with Gasteiger partial charge in [-0.3, -0.25) is 4.90 Å². The summed E-state index contributed by atoms with van der Waals surface area (Å²) in [5.74, 6) is 0. The van der Waals surface area contributed by atoms with Gasteiger partial charge in [-0.2, -0.15) is 0 Å². The van der Waals surface area contributed by atoms with Gasteiger partial charge in [-0.15, -0.1) is 0 Å². The third-order valence-corrected chi connectivity index (χ3v) is 5.48. The number of nitrogens with zero attached hydrogens (tertiary/aromatic N) is 3. The highest BCUT2D eigenvalue weighted by Crippen LogP contribution is 2.28. The Bertz CT molecular complexity index is 500. The lowest BCUT2D eigenvalue weighted by atomic mass is 9.99. The third-order valence-electron chi connectivity index (χ3n) is 5.48. The summed E-state index contributed by atoms with van der Waals surface area (Å²) in [6, 6.07) is 7.24. The van der Waals surface area contributed by atoms with E-state index in [2.05, 4.69) is 46.9 Å². The van der Waals surface area contributed by atoms with Gasteiger partial charge in [0.15, 0.2) is 0 Å². The van der Waals surface area contributed by atoms with E-state index in [0.717, 1.165) is 18.2 Å². The van der Waals surface area contributed by atoms with E-state index in [-0.39, 0.29) is 0 Å². The van der Waals surface area contributed by atoms with Crippen molar-refractivity contribution in [3.8, 4) is 0 Å². The van der Waals surface area contributed by atoms with Crippen molar-refractivity contribution in [2.75, 3.05) is 56.9 Å². The molecule has 0 atom stereocenters. The minimum absolute atomic E-state index is 0.781. The van der Waals surface area contributed by atoms with Crippen molar-refractivity contribution in [3.63, 3.8) is 0 Å². The monoisotopic (exact) mass is 316 g/mol. The molecule has 0 bridgehead atoms. The van der Waals surface area contributed by atoms with Crippen molar-refractivity contribution in [2.24, 2.45) is 0 Å². The average Bonchev–Trinajstić information content (AvgIpc) is 2.56.